The van der Waals surface area contributed by atoms with E-state index in [0.29, 0.717) is 16.4 Å². The molecule has 0 aliphatic heterocycles. The number of benzene rings is 1. The molecule has 0 aliphatic carbocycles. The second-order valence-corrected chi connectivity index (χ2v) is 8.30. The van der Waals surface area contributed by atoms with Gasteiger partial charge in [0, 0.05) is 29.3 Å². The lowest BCUT2D eigenvalue weighted by atomic mass is 10.1. The second kappa shape index (κ2) is 8.02. The predicted molar refractivity (Wildman–Crippen MR) is 113 cm³/mol. The number of anilines is 1. The Morgan fingerprint density at radius 2 is 2.17 bits per heavy atom. The molecule has 0 spiro atoms. The van der Waals surface area contributed by atoms with Gasteiger partial charge in [-0.2, -0.15) is 0 Å². The average molecular weight is 425 g/mol. The van der Waals surface area contributed by atoms with E-state index < -0.39 is 4.92 Å². The van der Waals surface area contributed by atoms with E-state index in [1.54, 1.807) is 30.6 Å². The van der Waals surface area contributed by atoms with Crippen LogP contribution >= 0.6 is 23.1 Å². The summed E-state index contributed by atoms with van der Waals surface area (Å²) in [7, 11) is 0. The molecule has 0 fully saturated rings. The molecule has 146 valence electrons. The van der Waals surface area contributed by atoms with Crippen LogP contribution in [0, 0.1) is 10.1 Å². The number of nitro groups is 1. The monoisotopic (exact) mass is 425 g/mol. The average Bonchev–Trinajstić information content (AvgIpc) is 3.35. The van der Waals surface area contributed by atoms with Crippen molar-refractivity contribution in [3.05, 3.63) is 70.4 Å². The molecule has 1 atom stereocenters. The smallest absolute Gasteiger partial charge is 0.270 e. The first kappa shape index (κ1) is 19.1. The second-order valence-electron chi connectivity index (χ2n) is 6.13. The molecular formula is C19H15N5O3S2. The van der Waals surface area contributed by atoms with Crippen LogP contribution in [0.2, 0.25) is 0 Å². The van der Waals surface area contributed by atoms with Crippen LogP contribution in [0.15, 0.2) is 65.4 Å². The van der Waals surface area contributed by atoms with Crippen molar-refractivity contribution < 1.29 is 9.72 Å². The Hall–Kier alpha value is -3.24. The molecule has 0 saturated carbocycles. The number of hydrogen-bond acceptors (Lipinski definition) is 7. The Balaban J connectivity index is 1.45. The molecule has 1 amide bonds. The summed E-state index contributed by atoms with van der Waals surface area (Å²) < 4.78 is 1.93. The minimum atomic E-state index is -0.448. The fourth-order valence-electron chi connectivity index (χ4n) is 2.67. The number of imidazole rings is 1. The lowest BCUT2D eigenvalue weighted by Gasteiger charge is -2.09. The van der Waals surface area contributed by atoms with Crippen LogP contribution in [0.1, 0.15) is 6.92 Å². The summed E-state index contributed by atoms with van der Waals surface area (Å²) in [5.74, 6) is -0.192. The van der Waals surface area contributed by atoms with E-state index in [0.717, 1.165) is 10.7 Å². The van der Waals surface area contributed by atoms with E-state index in [1.165, 1.54) is 35.2 Å². The first-order valence-electron chi connectivity index (χ1n) is 8.61. The van der Waals surface area contributed by atoms with Gasteiger partial charge in [0.25, 0.3) is 5.69 Å². The Kier molecular flexibility index (Phi) is 5.28. The summed E-state index contributed by atoms with van der Waals surface area (Å²) in [5.41, 5.74) is 2.16. The fraction of sp³-hybridized carbons (Fsp3) is 0.105. The van der Waals surface area contributed by atoms with Crippen molar-refractivity contribution >= 4 is 45.3 Å². The van der Waals surface area contributed by atoms with Crippen molar-refractivity contribution in [1.29, 1.82) is 0 Å². The number of aromatic nitrogens is 3. The number of hydrogen-bond donors (Lipinski definition) is 1. The number of thiazole rings is 1. The van der Waals surface area contributed by atoms with Gasteiger partial charge in [0.2, 0.25) is 5.91 Å². The molecule has 1 aromatic carbocycles. The molecule has 8 nitrogen and oxygen atoms in total. The number of amides is 1. The zero-order valence-corrected chi connectivity index (χ0v) is 16.8. The standard InChI is InChI=1S/C19H15N5O3S2/c1-12(29-19-20-10-15-6-2-3-8-23(15)19)17(25)22-18-21-16(11-28-18)13-5-4-7-14(9-13)24(26)27/h2-12H,1H3,(H,21,22,25). The highest BCUT2D eigenvalue weighted by atomic mass is 32.2. The van der Waals surface area contributed by atoms with Gasteiger partial charge in [0.1, 0.15) is 0 Å². The molecule has 1 N–H and O–H groups in total. The van der Waals surface area contributed by atoms with E-state index in [9.17, 15) is 14.9 Å². The molecular weight excluding hydrogens is 410 g/mol. The van der Waals surface area contributed by atoms with Gasteiger partial charge in [0.05, 0.1) is 27.6 Å². The van der Waals surface area contributed by atoms with Crippen LogP contribution in [0.25, 0.3) is 16.8 Å². The van der Waals surface area contributed by atoms with Crippen molar-refractivity contribution in [1.82, 2.24) is 14.4 Å². The van der Waals surface area contributed by atoms with Gasteiger partial charge in [-0.25, -0.2) is 9.97 Å². The van der Waals surface area contributed by atoms with Gasteiger partial charge >= 0.3 is 0 Å². The molecule has 0 aliphatic rings. The highest BCUT2D eigenvalue weighted by Gasteiger charge is 2.19. The minimum absolute atomic E-state index is 0.00182. The summed E-state index contributed by atoms with van der Waals surface area (Å²) in [6, 6.07) is 12.0. The maximum absolute atomic E-state index is 12.6. The number of nitrogens with zero attached hydrogens (tertiary/aromatic N) is 4. The van der Waals surface area contributed by atoms with Crippen molar-refractivity contribution in [2.75, 3.05) is 5.32 Å². The molecule has 4 aromatic rings. The highest BCUT2D eigenvalue weighted by molar-refractivity contribution is 8.00. The maximum Gasteiger partial charge on any atom is 0.270 e. The van der Waals surface area contributed by atoms with E-state index in [2.05, 4.69) is 15.3 Å². The van der Waals surface area contributed by atoms with Gasteiger partial charge in [-0.1, -0.05) is 30.0 Å². The minimum Gasteiger partial charge on any atom is -0.301 e. The van der Waals surface area contributed by atoms with Gasteiger partial charge in [0.15, 0.2) is 10.3 Å². The lowest BCUT2D eigenvalue weighted by molar-refractivity contribution is -0.384. The number of fused-ring (bicyclic) bond motifs is 1. The largest absolute Gasteiger partial charge is 0.301 e. The van der Waals surface area contributed by atoms with Crippen molar-refractivity contribution in [3.63, 3.8) is 0 Å². The topological polar surface area (TPSA) is 102 Å². The summed E-state index contributed by atoms with van der Waals surface area (Å²) in [6.07, 6.45) is 3.67. The van der Waals surface area contributed by atoms with Crippen LogP contribution in [0.4, 0.5) is 10.8 Å². The van der Waals surface area contributed by atoms with Crippen LogP contribution in [-0.2, 0) is 4.79 Å². The third kappa shape index (κ3) is 4.13. The van der Waals surface area contributed by atoms with E-state index in [1.807, 2.05) is 28.8 Å². The molecule has 0 saturated heterocycles. The number of carbonyl (C=O) groups is 1. The van der Waals surface area contributed by atoms with Gasteiger partial charge in [-0.05, 0) is 19.1 Å². The van der Waals surface area contributed by atoms with E-state index in [4.69, 9.17) is 0 Å². The highest BCUT2D eigenvalue weighted by Crippen LogP contribution is 2.29. The molecule has 0 radical (unpaired) electrons. The third-order valence-corrected chi connectivity index (χ3v) is 5.98. The fourth-order valence-corrected chi connectivity index (χ4v) is 4.27. The van der Waals surface area contributed by atoms with Crippen molar-refractivity contribution in [3.8, 4) is 11.3 Å². The predicted octanol–water partition coefficient (Wildman–Crippen LogP) is 4.49. The zero-order chi connectivity index (χ0) is 20.4. The van der Waals surface area contributed by atoms with E-state index >= 15 is 0 Å². The molecule has 10 heteroatoms. The Labute approximate surface area is 173 Å². The normalized spacial score (nSPS) is 12.0. The van der Waals surface area contributed by atoms with Crippen LogP contribution in [0.3, 0.4) is 0 Å². The summed E-state index contributed by atoms with van der Waals surface area (Å²) >= 11 is 2.63. The molecule has 3 heterocycles. The maximum atomic E-state index is 12.6. The third-order valence-electron chi connectivity index (χ3n) is 4.14. The molecule has 1 unspecified atom stereocenters. The summed E-state index contributed by atoms with van der Waals surface area (Å²) in [6.45, 7) is 1.80. The van der Waals surface area contributed by atoms with Crippen LogP contribution in [0.5, 0.6) is 0 Å². The molecule has 0 bridgehead atoms. The van der Waals surface area contributed by atoms with Gasteiger partial charge in [-0.3, -0.25) is 19.3 Å². The number of nitro benzene ring substituents is 1. The first-order chi connectivity index (χ1) is 14.0. The number of carbonyl (C=O) groups excluding carboxylic acids is 1. The van der Waals surface area contributed by atoms with Crippen LogP contribution < -0.4 is 5.32 Å². The Bertz CT molecular complexity index is 1200. The number of rotatable bonds is 6. The summed E-state index contributed by atoms with van der Waals surface area (Å²) in [5, 5.41) is 16.3. The van der Waals surface area contributed by atoms with Crippen LogP contribution in [-0.4, -0.2) is 30.4 Å². The number of thioether (sulfide) groups is 1. The number of nitrogens with one attached hydrogen (secondary N) is 1. The first-order valence-corrected chi connectivity index (χ1v) is 10.4. The molecule has 29 heavy (non-hydrogen) atoms. The molecule has 4 rings (SSSR count). The summed E-state index contributed by atoms with van der Waals surface area (Å²) in [4.78, 5) is 31.8. The number of non-ortho nitro benzene ring substituents is 1. The van der Waals surface area contributed by atoms with Gasteiger partial charge < -0.3 is 5.32 Å². The van der Waals surface area contributed by atoms with Gasteiger partial charge in [-0.15, -0.1) is 11.3 Å². The molecule has 3 aromatic heterocycles. The zero-order valence-electron chi connectivity index (χ0n) is 15.2. The van der Waals surface area contributed by atoms with E-state index in [-0.39, 0.29) is 16.8 Å². The van der Waals surface area contributed by atoms with Crippen molar-refractivity contribution in [2.45, 2.75) is 17.3 Å². The van der Waals surface area contributed by atoms with Crippen molar-refractivity contribution in [2.24, 2.45) is 0 Å². The quantitative estimate of drug-likeness (QED) is 0.277. The lowest BCUT2D eigenvalue weighted by Crippen LogP contribution is -2.22. The SMILES string of the molecule is CC(Sc1ncc2ccccn12)C(=O)Nc1nc(-c2cccc([N+](=O)[O-])c2)cs1. The Morgan fingerprint density at radius 3 is 3.00 bits per heavy atom. The Morgan fingerprint density at radius 1 is 1.31 bits per heavy atom. The number of pyridine rings is 1.